The molecule has 1 saturated carbocycles. The lowest BCUT2D eigenvalue weighted by atomic mass is 10.2. The lowest BCUT2D eigenvalue weighted by Gasteiger charge is -2.36. The third-order valence-corrected chi connectivity index (χ3v) is 4.98. The Labute approximate surface area is 159 Å². The molecule has 2 aliphatic rings. The van der Waals surface area contributed by atoms with Crippen LogP contribution in [0.2, 0.25) is 0 Å². The maximum atomic E-state index is 12.9. The summed E-state index contributed by atoms with van der Waals surface area (Å²) >= 11 is 0. The molecular formula is C20H25N5O2. The molecule has 142 valence electrons. The summed E-state index contributed by atoms with van der Waals surface area (Å²) in [4.78, 5) is 25.8. The standard InChI is InChI=1S/C20H25N5O2/c1-14-21-16(13-19(22-14)23-15-7-8-15)20(26)25-11-9-24(10-12-25)17-5-3-4-6-18(17)27-2/h3-6,13,15H,7-12H2,1-2H3,(H,21,22,23). The van der Waals surface area contributed by atoms with E-state index in [4.69, 9.17) is 4.74 Å². The van der Waals surface area contributed by atoms with Crippen LogP contribution in [-0.2, 0) is 0 Å². The van der Waals surface area contributed by atoms with Crippen LogP contribution in [0.25, 0.3) is 0 Å². The van der Waals surface area contributed by atoms with Crippen molar-refractivity contribution in [1.82, 2.24) is 14.9 Å². The molecule has 1 aliphatic heterocycles. The monoisotopic (exact) mass is 367 g/mol. The van der Waals surface area contributed by atoms with Crippen molar-refractivity contribution in [1.29, 1.82) is 0 Å². The van der Waals surface area contributed by atoms with E-state index in [1.54, 1.807) is 13.2 Å². The fourth-order valence-corrected chi connectivity index (χ4v) is 3.39. The van der Waals surface area contributed by atoms with Crippen LogP contribution >= 0.6 is 0 Å². The molecule has 1 amide bonds. The third-order valence-electron chi connectivity index (χ3n) is 4.98. The van der Waals surface area contributed by atoms with Crippen molar-refractivity contribution in [2.24, 2.45) is 0 Å². The minimum absolute atomic E-state index is 0.0287. The number of nitrogens with one attached hydrogen (secondary N) is 1. The van der Waals surface area contributed by atoms with Gasteiger partial charge >= 0.3 is 0 Å². The average molecular weight is 367 g/mol. The van der Waals surface area contributed by atoms with E-state index in [1.165, 1.54) is 0 Å². The predicted molar refractivity (Wildman–Crippen MR) is 105 cm³/mol. The maximum Gasteiger partial charge on any atom is 0.272 e. The Bertz CT molecular complexity index is 829. The van der Waals surface area contributed by atoms with Gasteiger partial charge < -0.3 is 19.9 Å². The summed E-state index contributed by atoms with van der Waals surface area (Å²) < 4.78 is 5.46. The molecule has 0 spiro atoms. The van der Waals surface area contributed by atoms with Crippen molar-refractivity contribution in [3.05, 3.63) is 41.9 Å². The van der Waals surface area contributed by atoms with Crippen LogP contribution in [0, 0.1) is 6.92 Å². The smallest absolute Gasteiger partial charge is 0.272 e. The van der Waals surface area contributed by atoms with E-state index in [0.29, 0.717) is 30.6 Å². The average Bonchev–Trinajstić information content (AvgIpc) is 3.51. The first-order valence-electron chi connectivity index (χ1n) is 9.43. The van der Waals surface area contributed by atoms with Gasteiger partial charge in [0.15, 0.2) is 0 Å². The van der Waals surface area contributed by atoms with Gasteiger partial charge in [0.2, 0.25) is 0 Å². The van der Waals surface area contributed by atoms with Crippen molar-refractivity contribution < 1.29 is 9.53 Å². The van der Waals surface area contributed by atoms with Gasteiger partial charge in [-0.15, -0.1) is 0 Å². The fraction of sp³-hybridized carbons (Fsp3) is 0.450. The van der Waals surface area contributed by atoms with Crippen LogP contribution in [0.3, 0.4) is 0 Å². The number of para-hydroxylation sites is 2. The van der Waals surface area contributed by atoms with Gasteiger partial charge in [-0.1, -0.05) is 12.1 Å². The summed E-state index contributed by atoms with van der Waals surface area (Å²) in [6.45, 7) is 4.68. The summed E-state index contributed by atoms with van der Waals surface area (Å²) in [5.74, 6) is 2.20. The second-order valence-corrected chi connectivity index (χ2v) is 7.06. The minimum Gasteiger partial charge on any atom is -0.495 e. The van der Waals surface area contributed by atoms with E-state index in [0.717, 1.165) is 43.2 Å². The van der Waals surface area contributed by atoms with E-state index in [-0.39, 0.29) is 5.91 Å². The molecule has 1 aromatic carbocycles. The molecule has 27 heavy (non-hydrogen) atoms. The number of anilines is 2. The van der Waals surface area contributed by atoms with E-state index < -0.39 is 0 Å². The van der Waals surface area contributed by atoms with Gasteiger partial charge in [-0.2, -0.15) is 0 Å². The Balaban J connectivity index is 1.43. The van der Waals surface area contributed by atoms with Gasteiger partial charge in [0.25, 0.3) is 5.91 Å². The summed E-state index contributed by atoms with van der Waals surface area (Å²) in [6, 6.07) is 10.3. The normalized spacial score (nSPS) is 17.0. The first-order valence-corrected chi connectivity index (χ1v) is 9.43. The number of aryl methyl sites for hydroxylation is 1. The van der Waals surface area contributed by atoms with Crippen molar-refractivity contribution >= 4 is 17.4 Å². The number of ether oxygens (including phenoxy) is 1. The Hall–Kier alpha value is -2.83. The van der Waals surface area contributed by atoms with Crippen LogP contribution < -0.4 is 15.0 Å². The quantitative estimate of drug-likeness (QED) is 0.875. The van der Waals surface area contributed by atoms with Gasteiger partial charge in [0.1, 0.15) is 23.1 Å². The highest BCUT2D eigenvalue weighted by Crippen LogP contribution is 2.28. The summed E-state index contributed by atoms with van der Waals surface area (Å²) in [5, 5.41) is 3.35. The molecule has 2 fully saturated rings. The first kappa shape index (κ1) is 17.6. The van der Waals surface area contributed by atoms with Crippen molar-refractivity contribution in [2.75, 3.05) is 43.5 Å². The molecule has 1 aromatic heterocycles. The molecule has 2 aromatic rings. The first-order chi connectivity index (χ1) is 13.1. The Morgan fingerprint density at radius 3 is 2.59 bits per heavy atom. The SMILES string of the molecule is COc1ccccc1N1CCN(C(=O)c2cc(NC3CC3)nc(C)n2)CC1. The lowest BCUT2D eigenvalue weighted by molar-refractivity contribution is 0.0740. The molecule has 2 heterocycles. The molecule has 0 atom stereocenters. The number of amides is 1. The zero-order valence-electron chi connectivity index (χ0n) is 15.8. The highest BCUT2D eigenvalue weighted by molar-refractivity contribution is 5.93. The molecule has 7 nitrogen and oxygen atoms in total. The van der Waals surface area contributed by atoms with Gasteiger partial charge in [0, 0.05) is 38.3 Å². The van der Waals surface area contributed by atoms with E-state index in [9.17, 15) is 4.79 Å². The Kier molecular flexibility index (Phi) is 4.83. The molecular weight excluding hydrogens is 342 g/mol. The summed E-state index contributed by atoms with van der Waals surface area (Å²) in [5.41, 5.74) is 1.54. The summed E-state index contributed by atoms with van der Waals surface area (Å²) in [6.07, 6.45) is 2.33. The zero-order chi connectivity index (χ0) is 18.8. The Morgan fingerprint density at radius 2 is 1.89 bits per heavy atom. The van der Waals surface area contributed by atoms with Crippen molar-refractivity contribution in [2.45, 2.75) is 25.8 Å². The molecule has 0 radical (unpaired) electrons. The topological polar surface area (TPSA) is 70.6 Å². The number of rotatable bonds is 5. The number of benzene rings is 1. The highest BCUT2D eigenvalue weighted by Gasteiger charge is 2.26. The number of nitrogens with zero attached hydrogens (tertiary/aromatic N) is 4. The number of carbonyl (C=O) groups excluding carboxylic acids is 1. The number of hydrogen-bond acceptors (Lipinski definition) is 6. The molecule has 1 aliphatic carbocycles. The number of carbonyl (C=O) groups is 1. The van der Waals surface area contributed by atoms with Gasteiger partial charge in [-0.3, -0.25) is 4.79 Å². The second-order valence-electron chi connectivity index (χ2n) is 7.06. The highest BCUT2D eigenvalue weighted by atomic mass is 16.5. The zero-order valence-corrected chi connectivity index (χ0v) is 15.8. The Morgan fingerprint density at radius 1 is 1.15 bits per heavy atom. The molecule has 0 unspecified atom stereocenters. The van der Waals surface area contributed by atoms with E-state index >= 15 is 0 Å². The van der Waals surface area contributed by atoms with Crippen LogP contribution in [0.5, 0.6) is 5.75 Å². The molecule has 4 rings (SSSR count). The van der Waals surface area contributed by atoms with Crippen LogP contribution in [0.15, 0.2) is 30.3 Å². The van der Waals surface area contributed by atoms with Crippen molar-refractivity contribution in [3.8, 4) is 5.75 Å². The van der Waals surface area contributed by atoms with Gasteiger partial charge in [0.05, 0.1) is 12.8 Å². The molecule has 7 heteroatoms. The lowest BCUT2D eigenvalue weighted by Crippen LogP contribution is -2.49. The predicted octanol–water partition coefficient (Wildman–Crippen LogP) is 2.33. The number of hydrogen-bond donors (Lipinski definition) is 1. The molecule has 1 N–H and O–H groups in total. The minimum atomic E-state index is -0.0287. The number of aromatic nitrogens is 2. The van der Waals surface area contributed by atoms with Gasteiger partial charge in [-0.05, 0) is 31.9 Å². The molecule has 0 bridgehead atoms. The number of methoxy groups -OCH3 is 1. The third kappa shape index (κ3) is 3.97. The van der Waals surface area contributed by atoms with E-state index in [2.05, 4.69) is 26.3 Å². The molecule has 1 saturated heterocycles. The number of piperazine rings is 1. The van der Waals surface area contributed by atoms with E-state index in [1.807, 2.05) is 30.0 Å². The summed E-state index contributed by atoms with van der Waals surface area (Å²) in [7, 11) is 1.68. The van der Waals surface area contributed by atoms with Crippen LogP contribution in [-0.4, -0.2) is 60.1 Å². The maximum absolute atomic E-state index is 12.9. The van der Waals surface area contributed by atoms with Gasteiger partial charge in [-0.25, -0.2) is 9.97 Å². The second kappa shape index (κ2) is 7.42. The van der Waals surface area contributed by atoms with Crippen LogP contribution in [0.1, 0.15) is 29.2 Å². The van der Waals surface area contributed by atoms with Crippen molar-refractivity contribution in [3.63, 3.8) is 0 Å². The van der Waals surface area contributed by atoms with Crippen LogP contribution in [0.4, 0.5) is 11.5 Å². The largest absolute Gasteiger partial charge is 0.495 e. The fourth-order valence-electron chi connectivity index (χ4n) is 3.39.